The van der Waals surface area contributed by atoms with Gasteiger partial charge in [0.1, 0.15) is 17.6 Å². The van der Waals surface area contributed by atoms with Crippen molar-refractivity contribution in [1.82, 2.24) is 19.9 Å². The fourth-order valence-corrected chi connectivity index (χ4v) is 3.85. The van der Waals surface area contributed by atoms with Gasteiger partial charge in [-0.05, 0) is 35.9 Å². The number of nitrogens with zero attached hydrogens (tertiary/aromatic N) is 3. The molecule has 0 bridgehead atoms. The third-order valence-electron chi connectivity index (χ3n) is 5.59. The first kappa shape index (κ1) is 29.0. The molecule has 0 spiro atoms. The van der Waals surface area contributed by atoms with Gasteiger partial charge in [0.15, 0.2) is 0 Å². The summed E-state index contributed by atoms with van der Waals surface area (Å²) in [6, 6.07) is 11.1. The van der Waals surface area contributed by atoms with E-state index in [0.717, 1.165) is 19.5 Å². The second-order valence-electron chi connectivity index (χ2n) is 8.18. The van der Waals surface area contributed by atoms with Crippen LogP contribution >= 0.6 is 0 Å². The zero-order chi connectivity index (χ0) is 29.8. The fraction of sp³-hybridized carbons (Fsp3) is 0.200. The number of carbonyl (C=O) groups excluding carboxylic acids is 1. The lowest BCUT2D eigenvalue weighted by Gasteiger charge is -2.17. The minimum Gasteiger partial charge on any atom is -0.496 e. The van der Waals surface area contributed by atoms with Crippen molar-refractivity contribution in [2.45, 2.75) is 25.5 Å². The van der Waals surface area contributed by atoms with Crippen molar-refractivity contribution in [3.8, 4) is 28.6 Å². The summed E-state index contributed by atoms with van der Waals surface area (Å²) in [6.07, 6.45) is -13.3. The Balaban J connectivity index is 1.90. The molecule has 0 aliphatic heterocycles. The standard InChI is InChI=1S/C25H19F6N5O5/c1-40-17-8-13(6-7-14(17)23(37)35-21(30)19(26)27)36-16(11-2-4-12(5-3-11)34-25(38)39)9-15-18(36)24(33-10-32-15)41-22(31)20(28)29/h2-10,19-22,34H,1H3,(H,35,37)(H,38,39). The van der Waals surface area contributed by atoms with Crippen LogP contribution in [0.4, 0.5) is 36.8 Å². The molecule has 2 amide bonds. The Morgan fingerprint density at radius 1 is 0.951 bits per heavy atom. The van der Waals surface area contributed by atoms with Gasteiger partial charge in [0, 0.05) is 11.8 Å². The number of ether oxygens (including phenoxy) is 2. The van der Waals surface area contributed by atoms with E-state index in [1.54, 1.807) is 0 Å². The Bertz CT molecular complexity index is 1570. The summed E-state index contributed by atoms with van der Waals surface area (Å²) in [5.74, 6) is -1.95. The van der Waals surface area contributed by atoms with Crippen LogP contribution in [-0.2, 0) is 0 Å². The average Bonchev–Trinajstić information content (AvgIpc) is 3.33. The molecule has 0 aliphatic rings. The van der Waals surface area contributed by atoms with Crippen LogP contribution in [-0.4, -0.2) is 64.3 Å². The Morgan fingerprint density at radius 2 is 1.66 bits per heavy atom. The van der Waals surface area contributed by atoms with Crippen LogP contribution in [0, 0.1) is 0 Å². The predicted molar refractivity (Wildman–Crippen MR) is 132 cm³/mol. The molecule has 2 aromatic heterocycles. The van der Waals surface area contributed by atoms with Crippen molar-refractivity contribution in [2.75, 3.05) is 12.4 Å². The van der Waals surface area contributed by atoms with E-state index in [2.05, 4.69) is 15.3 Å². The highest BCUT2D eigenvalue weighted by Gasteiger charge is 2.27. The van der Waals surface area contributed by atoms with Gasteiger partial charge in [0.2, 0.25) is 12.2 Å². The average molecular weight is 583 g/mol. The molecule has 4 rings (SSSR count). The first-order valence-electron chi connectivity index (χ1n) is 11.5. The van der Waals surface area contributed by atoms with Crippen molar-refractivity contribution in [1.29, 1.82) is 0 Å². The number of anilines is 1. The largest absolute Gasteiger partial charge is 0.496 e. The van der Waals surface area contributed by atoms with Crippen LogP contribution in [0.2, 0.25) is 0 Å². The number of carbonyl (C=O) groups is 2. The second kappa shape index (κ2) is 12.0. The summed E-state index contributed by atoms with van der Waals surface area (Å²) < 4.78 is 89.9. The number of halogens is 6. The van der Waals surface area contributed by atoms with Gasteiger partial charge in [0.05, 0.1) is 29.6 Å². The molecule has 2 aromatic carbocycles. The minimum atomic E-state index is -3.50. The number of alkyl halides is 6. The molecule has 0 saturated heterocycles. The van der Waals surface area contributed by atoms with Gasteiger partial charge in [-0.25, -0.2) is 31.7 Å². The SMILES string of the molecule is COc1cc(-n2c(-c3ccc(NC(=O)O)cc3)cc3ncnc(OC(F)C(F)F)c32)ccc1C(=O)NC(F)C(F)F. The number of hydrogen-bond acceptors (Lipinski definition) is 6. The number of fused-ring (bicyclic) bond motifs is 1. The quantitative estimate of drug-likeness (QED) is 0.168. The third-order valence-corrected chi connectivity index (χ3v) is 5.59. The third kappa shape index (κ3) is 6.26. The first-order valence-corrected chi connectivity index (χ1v) is 11.5. The molecule has 216 valence electrons. The van der Waals surface area contributed by atoms with Crippen molar-refractivity contribution >= 4 is 28.7 Å². The van der Waals surface area contributed by atoms with Crippen LogP contribution in [0.5, 0.6) is 11.6 Å². The molecule has 4 aromatic rings. The molecule has 0 radical (unpaired) electrons. The van der Waals surface area contributed by atoms with E-state index in [1.165, 1.54) is 52.3 Å². The number of rotatable bonds is 10. The number of amides is 2. The summed E-state index contributed by atoms with van der Waals surface area (Å²) >= 11 is 0. The smallest absolute Gasteiger partial charge is 0.409 e. The molecule has 2 heterocycles. The Hall–Kier alpha value is -5.02. The lowest BCUT2D eigenvalue weighted by molar-refractivity contribution is -0.0683. The number of aromatic nitrogens is 3. The van der Waals surface area contributed by atoms with E-state index in [1.807, 2.05) is 0 Å². The summed E-state index contributed by atoms with van der Waals surface area (Å²) in [4.78, 5) is 31.3. The highest BCUT2D eigenvalue weighted by atomic mass is 19.3. The number of carboxylic acid groups (broad SMARTS) is 1. The normalized spacial score (nSPS) is 12.8. The van der Waals surface area contributed by atoms with E-state index in [9.17, 15) is 35.9 Å². The van der Waals surface area contributed by atoms with Crippen molar-refractivity contribution in [3.05, 3.63) is 60.4 Å². The minimum absolute atomic E-state index is 0.0701. The van der Waals surface area contributed by atoms with Gasteiger partial charge < -0.3 is 24.5 Å². The first-order chi connectivity index (χ1) is 19.5. The molecule has 3 N–H and O–H groups in total. The van der Waals surface area contributed by atoms with Gasteiger partial charge in [-0.15, -0.1) is 0 Å². The molecular formula is C25H19F6N5O5. The highest BCUT2D eigenvalue weighted by Crippen LogP contribution is 2.37. The Labute approximate surface area is 226 Å². The van der Waals surface area contributed by atoms with Crippen LogP contribution in [0.15, 0.2) is 54.9 Å². The van der Waals surface area contributed by atoms with Gasteiger partial charge >= 0.3 is 12.5 Å². The lowest BCUT2D eigenvalue weighted by Crippen LogP contribution is -2.36. The molecule has 0 aliphatic carbocycles. The predicted octanol–water partition coefficient (Wildman–Crippen LogP) is 5.42. The maximum Gasteiger partial charge on any atom is 0.409 e. The van der Waals surface area contributed by atoms with E-state index in [-0.39, 0.29) is 33.7 Å². The van der Waals surface area contributed by atoms with Gasteiger partial charge in [0.25, 0.3) is 18.7 Å². The van der Waals surface area contributed by atoms with E-state index in [4.69, 9.17) is 14.6 Å². The molecular weight excluding hydrogens is 564 g/mol. The maximum atomic E-state index is 13.9. The van der Waals surface area contributed by atoms with Gasteiger partial charge in [-0.2, -0.15) is 9.37 Å². The molecule has 0 fully saturated rings. The molecule has 2 atom stereocenters. The molecule has 10 nitrogen and oxygen atoms in total. The second-order valence-corrected chi connectivity index (χ2v) is 8.18. The van der Waals surface area contributed by atoms with E-state index >= 15 is 0 Å². The van der Waals surface area contributed by atoms with Gasteiger partial charge in [-0.3, -0.25) is 10.1 Å². The molecule has 0 saturated carbocycles. The summed E-state index contributed by atoms with van der Waals surface area (Å²) in [5, 5.41) is 12.6. The Morgan fingerprint density at radius 3 is 2.27 bits per heavy atom. The van der Waals surface area contributed by atoms with Crippen molar-refractivity contribution in [3.63, 3.8) is 0 Å². The Kier molecular flexibility index (Phi) is 8.49. The van der Waals surface area contributed by atoms with E-state index in [0.29, 0.717) is 11.3 Å². The molecule has 2 unspecified atom stereocenters. The number of benzene rings is 2. The number of hydrogen-bond donors (Lipinski definition) is 3. The fourth-order valence-electron chi connectivity index (χ4n) is 3.85. The van der Waals surface area contributed by atoms with Crippen LogP contribution in [0.1, 0.15) is 10.4 Å². The summed E-state index contributed by atoms with van der Waals surface area (Å²) in [6.45, 7) is 0. The topological polar surface area (TPSA) is 128 Å². The van der Waals surface area contributed by atoms with Crippen molar-refractivity contribution < 1.29 is 50.5 Å². The monoisotopic (exact) mass is 583 g/mol. The van der Waals surface area contributed by atoms with Crippen LogP contribution < -0.4 is 20.1 Å². The summed E-state index contributed by atoms with van der Waals surface area (Å²) in [5.41, 5.74) is 0.882. The molecule has 41 heavy (non-hydrogen) atoms. The maximum absolute atomic E-state index is 13.9. The van der Waals surface area contributed by atoms with Crippen molar-refractivity contribution in [2.24, 2.45) is 0 Å². The summed E-state index contributed by atoms with van der Waals surface area (Å²) in [7, 11) is 1.16. The highest BCUT2D eigenvalue weighted by molar-refractivity contribution is 5.98. The number of methoxy groups -OCH3 is 1. The zero-order valence-corrected chi connectivity index (χ0v) is 20.7. The lowest BCUT2D eigenvalue weighted by atomic mass is 10.1. The number of nitrogens with one attached hydrogen (secondary N) is 2. The van der Waals surface area contributed by atoms with Gasteiger partial charge in [-0.1, -0.05) is 12.1 Å². The molecule has 16 heteroatoms. The van der Waals surface area contributed by atoms with E-state index < -0.39 is 43.4 Å². The van der Waals surface area contributed by atoms with Crippen LogP contribution in [0.25, 0.3) is 28.0 Å². The van der Waals surface area contributed by atoms with Crippen LogP contribution in [0.3, 0.4) is 0 Å². The zero-order valence-electron chi connectivity index (χ0n) is 20.7.